The summed E-state index contributed by atoms with van der Waals surface area (Å²) in [6.07, 6.45) is 0.639. The van der Waals surface area contributed by atoms with Crippen LogP contribution < -0.4 is 10.6 Å². The van der Waals surface area contributed by atoms with Gasteiger partial charge in [-0.25, -0.2) is 8.78 Å². The first-order valence-corrected chi connectivity index (χ1v) is 6.22. The molecule has 0 saturated carbocycles. The fourth-order valence-electron chi connectivity index (χ4n) is 1.97. The van der Waals surface area contributed by atoms with Crippen molar-refractivity contribution in [2.45, 2.75) is 12.5 Å². The summed E-state index contributed by atoms with van der Waals surface area (Å²) in [5, 5.41) is 6.43. The zero-order chi connectivity index (χ0) is 12.8. The molecule has 1 fully saturated rings. The lowest BCUT2D eigenvalue weighted by molar-refractivity contribution is 0.0294. The van der Waals surface area contributed by atoms with Gasteiger partial charge in [-0.3, -0.25) is 0 Å². The second-order valence-electron chi connectivity index (χ2n) is 4.39. The lowest BCUT2D eigenvalue weighted by atomic mass is 10.1. The highest BCUT2D eigenvalue weighted by Gasteiger charge is 2.12. The number of hydrogen-bond donors (Lipinski definition) is 2. The first kappa shape index (κ1) is 13.4. The topological polar surface area (TPSA) is 33.3 Å². The Hall–Kier alpha value is -1.04. The molecule has 0 aromatic heterocycles. The molecule has 2 N–H and O–H groups in total. The normalized spacial score (nSPS) is 20.0. The van der Waals surface area contributed by atoms with Crippen LogP contribution in [0.15, 0.2) is 18.2 Å². The molecule has 1 aromatic rings. The standard InChI is InChI=1S/C13H18F2N2O/c14-11-1-2-13(15)10(7-11)3-4-16-8-12-9-17-5-6-18-12/h1-2,7,12,16-17H,3-6,8-9H2. The zero-order valence-corrected chi connectivity index (χ0v) is 10.2. The van der Waals surface area contributed by atoms with Gasteiger partial charge in [0.1, 0.15) is 11.6 Å². The minimum atomic E-state index is -0.397. The number of hydrogen-bond acceptors (Lipinski definition) is 3. The SMILES string of the molecule is Fc1ccc(F)c(CCNCC2CNCCO2)c1. The summed E-state index contributed by atoms with van der Waals surface area (Å²) in [6, 6.07) is 3.54. The highest BCUT2D eigenvalue weighted by atomic mass is 19.1. The van der Waals surface area contributed by atoms with Gasteiger partial charge in [0.25, 0.3) is 0 Å². The van der Waals surface area contributed by atoms with Crippen LogP contribution in [0.2, 0.25) is 0 Å². The highest BCUT2D eigenvalue weighted by molar-refractivity contribution is 5.18. The molecule has 1 unspecified atom stereocenters. The molecule has 0 bridgehead atoms. The van der Waals surface area contributed by atoms with Gasteiger partial charge in [-0.2, -0.15) is 0 Å². The van der Waals surface area contributed by atoms with Crippen molar-refractivity contribution in [3.05, 3.63) is 35.4 Å². The number of ether oxygens (including phenoxy) is 1. The molecule has 1 saturated heterocycles. The zero-order valence-electron chi connectivity index (χ0n) is 10.2. The number of rotatable bonds is 5. The summed E-state index contributed by atoms with van der Waals surface area (Å²) in [4.78, 5) is 0. The number of halogens is 2. The number of morpholine rings is 1. The quantitative estimate of drug-likeness (QED) is 0.774. The third kappa shape index (κ3) is 4.01. The Kier molecular flexibility index (Phi) is 5.04. The lowest BCUT2D eigenvalue weighted by Gasteiger charge is -2.23. The van der Waals surface area contributed by atoms with Crippen molar-refractivity contribution in [1.29, 1.82) is 0 Å². The molecule has 100 valence electrons. The van der Waals surface area contributed by atoms with Gasteiger partial charge in [-0.1, -0.05) is 0 Å². The maximum atomic E-state index is 13.3. The Bertz CT molecular complexity index is 381. The second-order valence-corrected chi connectivity index (χ2v) is 4.39. The molecule has 2 rings (SSSR count). The summed E-state index contributed by atoms with van der Waals surface area (Å²) >= 11 is 0. The van der Waals surface area contributed by atoms with Crippen LogP contribution >= 0.6 is 0 Å². The van der Waals surface area contributed by atoms with Crippen molar-refractivity contribution in [3.8, 4) is 0 Å². The van der Waals surface area contributed by atoms with Crippen LogP contribution in [-0.4, -0.2) is 38.9 Å². The van der Waals surface area contributed by atoms with Crippen LogP contribution in [0.1, 0.15) is 5.56 Å². The van der Waals surface area contributed by atoms with E-state index in [1.165, 1.54) is 12.1 Å². The summed E-state index contributed by atoms with van der Waals surface area (Å²) in [5.74, 6) is -0.750. The largest absolute Gasteiger partial charge is 0.374 e. The Morgan fingerprint density at radius 2 is 2.28 bits per heavy atom. The fourth-order valence-corrected chi connectivity index (χ4v) is 1.97. The van der Waals surface area contributed by atoms with E-state index in [2.05, 4.69) is 10.6 Å². The highest BCUT2D eigenvalue weighted by Crippen LogP contribution is 2.09. The number of nitrogens with one attached hydrogen (secondary N) is 2. The minimum Gasteiger partial charge on any atom is -0.374 e. The van der Waals surface area contributed by atoms with Crippen molar-refractivity contribution < 1.29 is 13.5 Å². The van der Waals surface area contributed by atoms with E-state index in [4.69, 9.17) is 4.74 Å². The molecule has 1 heterocycles. The fraction of sp³-hybridized carbons (Fsp3) is 0.538. The van der Waals surface area contributed by atoms with Crippen molar-refractivity contribution in [1.82, 2.24) is 10.6 Å². The van der Waals surface area contributed by atoms with Gasteiger partial charge in [-0.15, -0.1) is 0 Å². The van der Waals surface area contributed by atoms with Gasteiger partial charge in [-0.05, 0) is 36.7 Å². The molecule has 0 spiro atoms. The lowest BCUT2D eigenvalue weighted by Crippen LogP contribution is -2.44. The van der Waals surface area contributed by atoms with Crippen molar-refractivity contribution in [3.63, 3.8) is 0 Å². The molecule has 0 amide bonds. The van der Waals surface area contributed by atoms with Gasteiger partial charge in [0, 0.05) is 19.6 Å². The Labute approximate surface area is 106 Å². The van der Waals surface area contributed by atoms with Gasteiger partial charge in [0.15, 0.2) is 0 Å². The van der Waals surface area contributed by atoms with Crippen LogP contribution in [0.3, 0.4) is 0 Å². The first-order chi connectivity index (χ1) is 8.75. The van der Waals surface area contributed by atoms with Crippen LogP contribution in [-0.2, 0) is 11.2 Å². The molecule has 1 aromatic carbocycles. The van der Waals surface area contributed by atoms with Crippen LogP contribution in [0.5, 0.6) is 0 Å². The smallest absolute Gasteiger partial charge is 0.126 e. The van der Waals surface area contributed by atoms with Crippen molar-refractivity contribution in [2.75, 3.05) is 32.8 Å². The van der Waals surface area contributed by atoms with E-state index in [1.54, 1.807) is 0 Å². The molecule has 1 aliphatic heterocycles. The monoisotopic (exact) mass is 256 g/mol. The van der Waals surface area contributed by atoms with Crippen LogP contribution in [0.25, 0.3) is 0 Å². The first-order valence-electron chi connectivity index (χ1n) is 6.22. The minimum absolute atomic E-state index is 0.163. The van der Waals surface area contributed by atoms with E-state index in [1.807, 2.05) is 0 Å². The van der Waals surface area contributed by atoms with Gasteiger partial charge in [0.05, 0.1) is 12.7 Å². The van der Waals surface area contributed by atoms with E-state index in [0.717, 1.165) is 32.3 Å². The Morgan fingerprint density at radius 1 is 1.39 bits per heavy atom. The predicted molar refractivity (Wildman–Crippen MR) is 65.5 cm³/mol. The van der Waals surface area contributed by atoms with E-state index in [9.17, 15) is 8.78 Å². The van der Waals surface area contributed by atoms with Gasteiger partial charge in [0.2, 0.25) is 0 Å². The third-order valence-electron chi connectivity index (χ3n) is 2.96. The van der Waals surface area contributed by atoms with Crippen LogP contribution in [0, 0.1) is 11.6 Å². The van der Waals surface area contributed by atoms with E-state index >= 15 is 0 Å². The van der Waals surface area contributed by atoms with Crippen molar-refractivity contribution >= 4 is 0 Å². The maximum absolute atomic E-state index is 13.3. The second kappa shape index (κ2) is 6.78. The summed E-state index contributed by atoms with van der Waals surface area (Å²) in [7, 11) is 0. The average Bonchev–Trinajstić information content (AvgIpc) is 2.40. The van der Waals surface area contributed by atoms with E-state index in [0.29, 0.717) is 18.5 Å². The van der Waals surface area contributed by atoms with E-state index in [-0.39, 0.29) is 11.9 Å². The summed E-state index contributed by atoms with van der Waals surface area (Å²) in [6.45, 7) is 3.79. The summed E-state index contributed by atoms with van der Waals surface area (Å²) < 4.78 is 31.8. The van der Waals surface area contributed by atoms with Crippen molar-refractivity contribution in [2.24, 2.45) is 0 Å². The van der Waals surface area contributed by atoms with E-state index < -0.39 is 5.82 Å². The molecule has 1 atom stereocenters. The Balaban J connectivity index is 1.69. The molecular formula is C13H18F2N2O. The average molecular weight is 256 g/mol. The predicted octanol–water partition coefficient (Wildman–Crippen LogP) is 1.09. The molecule has 0 radical (unpaired) electrons. The molecule has 0 aliphatic carbocycles. The Morgan fingerprint density at radius 3 is 3.06 bits per heavy atom. The number of benzene rings is 1. The molecular weight excluding hydrogens is 238 g/mol. The maximum Gasteiger partial charge on any atom is 0.126 e. The van der Waals surface area contributed by atoms with Crippen LogP contribution in [0.4, 0.5) is 8.78 Å². The molecule has 5 heteroatoms. The molecule has 3 nitrogen and oxygen atoms in total. The van der Waals surface area contributed by atoms with Gasteiger partial charge < -0.3 is 15.4 Å². The molecule has 1 aliphatic rings. The third-order valence-corrected chi connectivity index (χ3v) is 2.96. The molecule has 18 heavy (non-hydrogen) atoms. The summed E-state index contributed by atoms with van der Waals surface area (Å²) in [5.41, 5.74) is 0.408. The van der Waals surface area contributed by atoms with Gasteiger partial charge >= 0.3 is 0 Å².